The summed E-state index contributed by atoms with van der Waals surface area (Å²) in [6, 6.07) is 11.3. The highest BCUT2D eigenvalue weighted by molar-refractivity contribution is 9.10. The third-order valence-corrected chi connectivity index (χ3v) is 4.41. The largest absolute Gasteiger partial charge is 0.493 e. The van der Waals surface area contributed by atoms with Gasteiger partial charge in [-0.3, -0.25) is 4.79 Å². The quantitative estimate of drug-likeness (QED) is 0.585. The number of amides is 1. The van der Waals surface area contributed by atoms with Gasteiger partial charge in [0.1, 0.15) is 5.52 Å². The Morgan fingerprint density at radius 1 is 1.26 bits per heavy atom. The van der Waals surface area contributed by atoms with E-state index in [1.165, 1.54) is 4.90 Å². The van der Waals surface area contributed by atoms with E-state index in [1.54, 1.807) is 27.3 Å². The average molecular weight is 431 g/mol. The van der Waals surface area contributed by atoms with Gasteiger partial charge in [0.15, 0.2) is 23.7 Å². The summed E-state index contributed by atoms with van der Waals surface area (Å²) < 4.78 is 17.4. The molecule has 0 aliphatic carbocycles. The Labute approximate surface area is 165 Å². The topological polar surface area (TPSA) is 64.8 Å². The summed E-state index contributed by atoms with van der Waals surface area (Å²) in [5.41, 5.74) is 2.42. The fourth-order valence-corrected chi connectivity index (χ4v) is 2.94. The van der Waals surface area contributed by atoms with Gasteiger partial charge in [-0.05, 0) is 51.8 Å². The van der Waals surface area contributed by atoms with Gasteiger partial charge in [0.25, 0.3) is 5.91 Å². The lowest BCUT2D eigenvalue weighted by atomic mass is 10.2. The summed E-state index contributed by atoms with van der Waals surface area (Å²) in [4.78, 5) is 17.6. The molecular weight excluding hydrogens is 412 g/mol. The molecule has 6 nitrogen and oxygen atoms in total. The SMILES string of the molecule is COc1cc(C=Cc2nc3ccccc3o2)cc(Br)c1OCC(=O)N(C)C. The molecule has 0 aliphatic rings. The lowest BCUT2D eigenvalue weighted by molar-refractivity contribution is -0.130. The number of hydrogen-bond acceptors (Lipinski definition) is 5. The molecule has 0 saturated heterocycles. The molecule has 3 aromatic rings. The number of para-hydroxylation sites is 2. The van der Waals surface area contributed by atoms with E-state index in [0.717, 1.165) is 16.7 Å². The molecule has 0 N–H and O–H groups in total. The number of carbonyl (C=O) groups is 1. The molecule has 2 aromatic carbocycles. The number of halogens is 1. The van der Waals surface area contributed by atoms with Gasteiger partial charge in [-0.2, -0.15) is 0 Å². The summed E-state index contributed by atoms with van der Waals surface area (Å²) in [6.45, 7) is -0.0694. The fraction of sp³-hybridized carbons (Fsp3) is 0.200. The fourth-order valence-electron chi connectivity index (χ4n) is 2.37. The highest BCUT2D eigenvalue weighted by Crippen LogP contribution is 2.37. The van der Waals surface area contributed by atoms with Crippen molar-refractivity contribution in [2.75, 3.05) is 27.8 Å². The maximum atomic E-state index is 11.7. The Hall–Kier alpha value is -2.80. The second-order valence-electron chi connectivity index (χ2n) is 5.96. The predicted octanol–water partition coefficient (Wildman–Crippen LogP) is 4.24. The number of benzene rings is 2. The van der Waals surface area contributed by atoms with Crippen LogP contribution in [0.25, 0.3) is 23.3 Å². The van der Waals surface area contributed by atoms with Crippen LogP contribution >= 0.6 is 15.9 Å². The van der Waals surface area contributed by atoms with E-state index in [-0.39, 0.29) is 12.5 Å². The molecule has 0 unspecified atom stereocenters. The van der Waals surface area contributed by atoms with Crippen molar-refractivity contribution in [2.24, 2.45) is 0 Å². The van der Waals surface area contributed by atoms with Crippen molar-refractivity contribution in [3.8, 4) is 11.5 Å². The number of rotatable bonds is 6. The highest BCUT2D eigenvalue weighted by atomic mass is 79.9. The number of hydrogen-bond donors (Lipinski definition) is 0. The molecule has 0 saturated carbocycles. The van der Waals surface area contributed by atoms with Crippen molar-refractivity contribution in [2.45, 2.75) is 0 Å². The number of oxazole rings is 1. The van der Waals surface area contributed by atoms with Crippen LogP contribution in [0.1, 0.15) is 11.5 Å². The Morgan fingerprint density at radius 3 is 2.74 bits per heavy atom. The van der Waals surface area contributed by atoms with E-state index in [9.17, 15) is 4.79 Å². The molecule has 1 aromatic heterocycles. The van der Waals surface area contributed by atoms with Gasteiger partial charge in [-0.1, -0.05) is 12.1 Å². The van der Waals surface area contributed by atoms with E-state index in [4.69, 9.17) is 13.9 Å². The Bertz CT molecular complexity index is 962. The molecule has 0 bridgehead atoms. The van der Waals surface area contributed by atoms with Crippen molar-refractivity contribution < 1.29 is 18.7 Å². The summed E-state index contributed by atoms with van der Waals surface area (Å²) in [7, 11) is 4.91. The number of aromatic nitrogens is 1. The second kappa shape index (κ2) is 8.26. The van der Waals surface area contributed by atoms with E-state index in [2.05, 4.69) is 20.9 Å². The first kappa shape index (κ1) is 19.0. The molecule has 27 heavy (non-hydrogen) atoms. The molecule has 0 atom stereocenters. The molecule has 7 heteroatoms. The lowest BCUT2D eigenvalue weighted by Gasteiger charge is -2.15. The zero-order chi connectivity index (χ0) is 19.4. The van der Waals surface area contributed by atoms with Gasteiger partial charge >= 0.3 is 0 Å². The first-order valence-electron chi connectivity index (χ1n) is 8.22. The van der Waals surface area contributed by atoms with E-state index < -0.39 is 0 Å². The van der Waals surface area contributed by atoms with Gasteiger partial charge in [0.2, 0.25) is 5.89 Å². The monoisotopic (exact) mass is 430 g/mol. The van der Waals surface area contributed by atoms with Gasteiger partial charge in [-0.15, -0.1) is 0 Å². The first-order valence-corrected chi connectivity index (χ1v) is 9.01. The highest BCUT2D eigenvalue weighted by Gasteiger charge is 2.14. The smallest absolute Gasteiger partial charge is 0.259 e. The molecule has 0 aliphatic heterocycles. The maximum absolute atomic E-state index is 11.7. The van der Waals surface area contributed by atoms with Gasteiger partial charge in [-0.25, -0.2) is 4.98 Å². The lowest BCUT2D eigenvalue weighted by Crippen LogP contribution is -2.27. The number of likely N-dealkylation sites (N-methyl/N-ethyl adjacent to an activating group) is 1. The minimum Gasteiger partial charge on any atom is -0.493 e. The van der Waals surface area contributed by atoms with Crippen molar-refractivity contribution in [3.63, 3.8) is 0 Å². The summed E-state index contributed by atoms with van der Waals surface area (Å²) in [6.07, 6.45) is 3.66. The van der Waals surface area contributed by atoms with Crippen LogP contribution in [0.15, 0.2) is 45.3 Å². The van der Waals surface area contributed by atoms with Crippen molar-refractivity contribution in [3.05, 3.63) is 52.3 Å². The van der Waals surface area contributed by atoms with E-state index in [0.29, 0.717) is 21.9 Å². The van der Waals surface area contributed by atoms with Crippen LogP contribution in [0.4, 0.5) is 0 Å². The van der Waals surface area contributed by atoms with Crippen molar-refractivity contribution in [1.82, 2.24) is 9.88 Å². The Morgan fingerprint density at radius 2 is 2.04 bits per heavy atom. The second-order valence-corrected chi connectivity index (χ2v) is 6.82. The van der Waals surface area contributed by atoms with Crippen LogP contribution in [0.2, 0.25) is 0 Å². The van der Waals surface area contributed by atoms with Gasteiger partial charge in [0.05, 0.1) is 11.6 Å². The normalized spacial score (nSPS) is 11.1. The maximum Gasteiger partial charge on any atom is 0.259 e. The molecule has 0 radical (unpaired) electrons. The van der Waals surface area contributed by atoms with Crippen LogP contribution in [0, 0.1) is 0 Å². The number of ether oxygens (including phenoxy) is 2. The Kier molecular flexibility index (Phi) is 5.81. The summed E-state index contributed by atoms with van der Waals surface area (Å²) in [5, 5.41) is 0. The van der Waals surface area contributed by atoms with Crippen LogP contribution < -0.4 is 9.47 Å². The molecular formula is C20H19BrN2O4. The minimum absolute atomic E-state index is 0.0694. The molecule has 140 valence electrons. The van der Waals surface area contributed by atoms with Crippen LogP contribution in [0.5, 0.6) is 11.5 Å². The van der Waals surface area contributed by atoms with E-state index >= 15 is 0 Å². The first-order chi connectivity index (χ1) is 13.0. The molecule has 1 heterocycles. The third-order valence-electron chi connectivity index (χ3n) is 3.82. The molecule has 1 amide bonds. The number of carbonyl (C=O) groups excluding carboxylic acids is 1. The number of nitrogens with zero attached hydrogens (tertiary/aromatic N) is 2. The molecule has 3 rings (SSSR count). The minimum atomic E-state index is -0.135. The zero-order valence-electron chi connectivity index (χ0n) is 15.2. The average Bonchev–Trinajstić information content (AvgIpc) is 3.07. The standard InChI is InChI=1S/C20H19BrN2O4/c1-23(2)19(24)12-26-20-14(21)10-13(11-17(20)25-3)8-9-18-22-15-6-4-5-7-16(15)27-18/h4-11H,12H2,1-3H3. The number of fused-ring (bicyclic) bond motifs is 1. The van der Waals surface area contributed by atoms with Gasteiger partial charge < -0.3 is 18.8 Å². The van der Waals surface area contributed by atoms with Gasteiger partial charge in [0, 0.05) is 20.2 Å². The van der Waals surface area contributed by atoms with Crippen LogP contribution in [-0.4, -0.2) is 43.6 Å². The summed E-state index contributed by atoms with van der Waals surface area (Å²) in [5.74, 6) is 1.38. The van der Waals surface area contributed by atoms with Crippen molar-refractivity contribution >= 4 is 45.1 Å². The molecule has 0 spiro atoms. The zero-order valence-corrected chi connectivity index (χ0v) is 16.8. The van der Waals surface area contributed by atoms with Crippen LogP contribution in [0.3, 0.4) is 0 Å². The number of methoxy groups -OCH3 is 1. The predicted molar refractivity (Wildman–Crippen MR) is 108 cm³/mol. The van der Waals surface area contributed by atoms with E-state index in [1.807, 2.05) is 42.5 Å². The van der Waals surface area contributed by atoms with Crippen LogP contribution in [-0.2, 0) is 4.79 Å². The van der Waals surface area contributed by atoms with Crippen molar-refractivity contribution in [1.29, 1.82) is 0 Å². The molecule has 0 fully saturated rings. The third kappa shape index (κ3) is 4.49. The summed E-state index contributed by atoms with van der Waals surface area (Å²) >= 11 is 3.48. The Balaban J connectivity index is 1.81.